The molecular formula is C21H23N3O3. The molecule has 3 aromatic rings. The number of likely N-dealkylation sites (tertiary alicyclic amines) is 1. The van der Waals surface area contributed by atoms with Crippen LogP contribution in [0.1, 0.15) is 66.5 Å². The first-order chi connectivity index (χ1) is 13.0. The maximum atomic E-state index is 13.2. The molecule has 0 unspecified atom stereocenters. The number of hydrogen-bond acceptors (Lipinski definition) is 5. The summed E-state index contributed by atoms with van der Waals surface area (Å²) in [6.45, 7) is 6.64. The van der Waals surface area contributed by atoms with Gasteiger partial charge in [0.25, 0.3) is 5.91 Å². The van der Waals surface area contributed by atoms with Crippen LogP contribution >= 0.6 is 0 Å². The molecule has 1 amide bonds. The van der Waals surface area contributed by atoms with E-state index in [4.69, 9.17) is 8.94 Å². The third-order valence-electron chi connectivity index (χ3n) is 4.91. The summed E-state index contributed by atoms with van der Waals surface area (Å²) in [5, 5.41) is 4.05. The number of nitrogens with zero attached hydrogens (tertiary/aromatic N) is 3. The van der Waals surface area contributed by atoms with Gasteiger partial charge in [-0.3, -0.25) is 4.79 Å². The number of amides is 1. The molecule has 27 heavy (non-hydrogen) atoms. The van der Waals surface area contributed by atoms with E-state index in [2.05, 4.69) is 10.1 Å². The number of furan rings is 1. The smallest absolute Gasteiger partial charge is 0.254 e. The average molecular weight is 365 g/mol. The summed E-state index contributed by atoms with van der Waals surface area (Å²) in [5.41, 5.74) is 1.53. The number of rotatable bonds is 4. The highest BCUT2D eigenvalue weighted by Crippen LogP contribution is 2.33. The molecule has 3 heterocycles. The number of aromatic nitrogens is 2. The lowest BCUT2D eigenvalue weighted by molar-refractivity contribution is 0.0710. The van der Waals surface area contributed by atoms with Crippen molar-refractivity contribution in [3.63, 3.8) is 0 Å². The molecule has 0 saturated carbocycles. The highest BCUT2D eigenvalue weighted by molar-refractivity contribution is 5.95. The Balaban J connectivity index is 1.59. The average Bonchev–Trinajstić information content (AvgIpc) is 3.40. The largest absolute Gasteiger partial charge is 0.461 e. The van der Waals surface area contributed by atoms with E-state index in [1.165, 1.54) is 0 Å². The van der Waals surface area contributed by atoms with Crippen molar-refractivity contribution in [3.8, 4) is 11.3 Å². The van der Waals surface area contributed by atoms with Crippen molar-refractivity contribution in [1.29, 1.82) is 0 Å². The number of carbonyl (C=O) groups is 1. The van der Waals surface area contributed by atoms with E-state index in [0.717, 1.165) is 29.9 Å². The lowest BCUT2D eigenvalue weighted by atomic mass is 10.1. The van der Waals surface area contributed by atoms with Gasteiger partial charge in [-0.25, -0.2) is 0 Å². The minimum atomic E-state index is -0.160. The first kappa shape index (κ1) is 17.5. The van der Waals surface area contributed by atoms with Crippen molar-refractivity contribution >= 4 is 5.91 Å². The molecule has 1 saturated heterocycles. The Morgan fingerprint density at radius 2 is 2.11 bits per heavy atom. The molecule has 1 aliphatic heterocycles. The molecule has 0 aliphatic carbocycles. The molecule has 6 heteroatoms. The number of hydrogen-bond donors (Lipinski definition) is 0. The van der Waals surface area contributed by atoms with Crippen LogP contribution in [0.5, 0.6) is 0 Å². The van der Waals surface area contributed by atoms with Crippen LogP contribution < -0.4 is 0 Å². The first-order valence-corrected chi connectivity index (χ1v) is 9.34. The summed E-state index contributed by atoms with van der Waals surface area (Å²) < 4.78 is 11.1. The van der Waals surface area contributed by atoms with E-state index in [9.17, 15) is 4.79 Å². The lowest BCUT2D eigenvalue weighted by Gasteiger charge is -2.22. The Hall–Kier alpha value is -2.89. The second kappa shape index (κ2) is 7.02. The van der Waals surface area contributed by atoms with Crippen LogP contribution in [0.15, 0.2) is 45.3 Å². The third kappa shape index (κ3) is 3.39. The fraction of sp³-hybridized carbons (Fsp3) is 0.381. The Labute approximate surface area is 158 Å². The lowest BCUT2D eigenvalue weighted by Crippen LogP contribution is -2.30. The standard InChI is InChI=1S/C21H23N3O3/c1-13(2)19-22-20(27-23-19)17-8-5-11-24(17)21(25)16-7-4-6-15(12-16)18-10-9-14(3)26-18/h4,6-7,9-10,12-13,17H,5,8,11H2,1-3H3/t17-/m0/s1. The Morgan fingerprint density at radius 1 is 1.26 bits per heavy atom. The van der Waals surface area contributed by atoms with Crippen LogP contribution in [0, 0.1) is 6.92 Å². The van der Waals surface area contributed by atoms with Gasteiger partial charge in [0.05, 0.1) is 0 Å². The molecule has 140 valence electrons. The summed E-state index contributed by atoms with van der Waals surface area (Å²) >= 11 is 0. The van der Waals surface area contributed by atoms with E-state index in [-0.39, 0.29) is 17.9 Å². The SMILES string of the molecule is Cc1ccc(-c2cccc(C(=O)N3CCC[C@H]3c3nc(C(C)C)no3)c2)o1. The normalized spacial score (nSPS) is 17.0. The highest BCUT2D eigenvalue weighted by Gasteiger charge is 2.34. The van der Waals surface area contributed by atoms with Gasteiger partial charge in [0.15, 0.2) is 5.82 Å². The van der Waals surface area contributed by atoms with Gasteiger partial charge in [0.2, 0.25) is 5.89 Å². The summed E-state index contributed by atoms with van der Waals surface area (Å²) in [4.78, 5) is 19.5. The minimum Gasteiger partial charge on any atom is -0.461 e. The molecule has 4 rings (SSSR count). The van der Waals surface area contributed by atoms with E-state index >= 15 is 0 Å². The molecule has 0 N–H and O–H groups in total. The molecular weight excluding hydrogens is 342 g/mol. The van der Waals surface area contributed by atoms with E-state index in [0.29, 0.717) is 23.8 Å². The quantitative estimate of drug-likeness (QED) is 0.668. The van der Waals surface area contributed by atoms with Crippen molar-refractivity contribution in [2.75, 3.05) is 6.54 Å². The van der Waals surface area contributed by atoms with Crippen LogP contribution in [-0.2, 0) is 0 Å². The topological polar surface area (TPSA) is 72.4 Å². The highest BCUT2D eigenvalue weighted by atomic mass is 16.5. The molecule has 2 aromatic heterocycles. The molecule has 1 atom stereocenters. The van der Waals surface area contributed by atoms with E-state index < -0.39 is 0 Å². The van der Waals surface area contributed by atoms with Gasteiger partial charge < -0.3 is 13.8 Å². The van der Waals surface area contributed by atoms with Gasteiger partial charge >= 0.3 is 0 Å². The van der Waals surface area contributed by atoms with E-state index in [1.54, 1.807) is 0 Å². The number of benzene rings is 1. The van der Waals surface area contributed by atoms with Crippen molar-refractivity contribution in [3.05, 3.63) is 59.4 Å². The molecule has 0 bridgehead atoms. The third-order valence-corrected chi connectivity index (χ3v) is 4.91. The van der Waals surface area contributed by atoms with Crippen LogP contribution in [0.4, 0.5) is 0 Å². The molecule has 1 aromatic carbocycles. The van der Waals surface area contributed by atoms with Crippen LogP contribution in [-0.4, -0.2) is 27.5 Å². The fourth-order valence-electron chi connectivity index (χ4n) is 3.44. The van der Waals surface area contributed by atoms with Gasteiger partial charge in [0, 0.05) is 23.6 Å². The predicted octanol–water partition coefficient (Wildman–Crippen LogP) is 4.74. The second-order valence-corrected chi connectivity index (χ2v) is 7.29. The molecule has 1 fully saturated rings. The van der Waals surface area contributed by atoms with Crippen LogP contribution in [0.3, 0.4) is 0 Å². The zero-order valence-corrected chi connectivity index (χ0v) is 15.8. The first-order valence-electron chi connectivity index (χ1n) is 9.34. The summed E-state index contributed by atoms with van der Waals surface area (Å²) in [7, 11) is 0. The van der Waals surface area contributed by atoms with Crippen molar-refractivity contribution in [2.24, 2.45) is 0 Å². The Morgan fingerprint density at radius 3 is 2.81 bits per heavy atom. The van der Waals surface area contributed by atoms with Crippen molar-refractivity contribution in [2.45, 2.75) is 45.6 Å². The zero-order valence-electron chi connectivity index (χ0n) is 15.8. The van der Waals surface area contributed by atoms with Gasteiger partial charge in [0.1, 0.15) is 17.6 Å². The Bertz CT molecular complexity index is 957. The minimum absolute atomic E-state index is 0.0214. The molecule has 0 spiro atoms. The summed E-state index contributed by atoms with van der Waals surface area (Å²) in [6.07, 6.45) is 1.76. The Kier molecular flexibility index (Phi) is 4.56. The van der Waals surface area contributed by atoms with Crippen LogP contribution in [0.2, 0.25) is 0 Å². The monoisotopic (exact) mass is 365 g/mol. The zero-order chi connectivity index (χ0) is 19.0. The van der Waals surface area contributed by atoms with Gasteiger partial charge in [-0.05, 0) is 44.0 Å². The van der Waals surface area contributed by atoms with Gasteiger partial charge in [-0.15, -0.1) is 0 Å². The number of carbonyl (C=O) groups excluding carboxylic acids is 1. The molecule has 0 radical (unpaired) electrons. The van der Waals surface area contributed by atoms with Gasteiger partial charge in [-0.1, -0.05) is 31.1 Å². The predicted molar refractivity (Wildman–Crippen MR) is 100 cm³/mol. The molecule has 1 aliphatic rings. The van der Waals surface area contributed by atoms with E-state index in [1.807, 2.05) is 62.1 Å². The maximum Gasteiger partial charge on any atom is 0.254 e. The summed E-state index contributed by atoms with van der Waals surface area (Å²) in [5.74, 6) is 2.99. The number of aryl methyl sites for hydroxylation is 1. The van der Waals surface area contributed by atoms with Crippen LogP contribution in [0.25, 0.3) is 11.3 Å². The molecule has 6 nitrogen and oxygen atoms in total. The second-order valence-electron chi connectivity index (χ2n) is 7.29. The van der Waals surface area contributed by atoms with Crippen molar-refractivity contribution < 1.29 is 13.7 Å². The fourth-order valence-corrected chi connectivity index (χ4v) is 3.44. The maximum absolute atomic E-state index is 13.2. The summed E-state index contributed by atoms with van der Waals surface area (Å²) in [6, 6.07) is 11.2. The van der Waals surface area contributed by atoms with Gasteiger partial charge in [-0.2, -0.15) is 4.98 Å². The van der Waals surface area contributed by atoms with Crippen molar-refractivity contribution in [1.82, 2.24) is 15.0 Å².